The van der Waals surface area contributed by atoms with Gasteiger partial charge in [-0.1, -0.05) is 28.1 Å². The van der Waals surface area contributed by atoms with E-state index in [4.69, 9.17) is 9.47 Å². The van der Waals surface area contributed by atoms with Gasteiger partial charge in [-0.05, 0) is 64.3 Å². The second-order valence-electron chi connectivity index (χ2n) is 6.21. The molecule has 0 bridgehead atoms. The van der Waals surface area contributed by atoms with Crippen LogP contribution in [0.1, 0.15) is 18.1 Å². The summed E-state index contributed by atoms with van der Waals surface area (Å²) in [4.78, 5) is 14.1. The van der Waals surface area contributed by atoms with Gasteiger partial charge < -0.3 is 9.47 Å². The van der Waals surface area contributed by atoms with Gasteiger partial charge in [-0.2, -0.15) is 5.10 Å². The zero-order valence-corrected chi connectivity index (χ0v) is 19.6. The quantitative estimate of drug-likeness (QED) is 0.201. The molecule has 2 aromatic carbocycles. The fourth-order valence-electron chi connectivity index (χ4n) is 2.53. The van der Waals surface area contributed by atoms with Gasteiger partial charge in [0.15, 0.2) is 11.5 Å². The number of hydrogen-bond donors (Lipinski definition) is 1. The zero-order chi connectivity index (χ0) is 22.2. The highest BCUT2D eigenvalue weighted by molar-refractivity contribution is 9.10. The van der Waals surface area contributed by atoms with Crippen LogP contribution in [0, 0.1) is 10.1 Å². The van der Waals surface area contributed by atoms with Gasteiger partial charge in [-0.15, -0.1) is 0 Å². The number of rotatable bonds is 9. The molecule has 0 atom stereocenters. The summed E-state index contributed by atoms with van der Waals surface area (Å²) in [7, 11) is 0. The number of hydrogen-bond acceptors (Lipinski definition) is 7. The Labute approximate surface area is 195 Å². The predicted molar refractivity (Wildman–Crippen MR) is 126 cm³/mol. The van der Waals surface area contributed by atoms with Crippen molar-refractivity contribution < 1.29 is 14.4 Å². The average molecular weight is 550 g/mol. The minimum atomic E-state index is -0.507. The molecule has 0 saturated heterocycles. The number of hydrazone groups is 1. The van der Waals surface area contributed by atoms with Crippen molar-refractivity contribution in [2.24, 2.45) is 5.10 Å². The van der Waals surface area contributed by atoms with Gasteiger partial charge in [0.1, 0.15) is 18.6 Å². The molecule has 0 fully saturated rings. The van der Waals surface area contributed by atoms with E-state index in [0.29, 0.717) is 30.5 Å². The number of anilines is 1. The molecule has 0 saturated carbocycles. The van der Waals surface area contributed by atoms with Gasteiger partial charge >= 0.3 is 0 Å². The molecule has 0 unspecified atom stereocenters. The monoisotopic (exact) mass is 548 g/mol. The zero-order valence-electron chi connectivity index (χ0n) is 16.4. The van der Waals surface area contributed by atoms with Crippen molar-refractivity contribution in [1.29, 1.82) is 0 Å². The predicted octanol–water partition coefficient (Wildman–Crippen LogP) is 5.94. The normalized spacial score (nSPS) is 10.8. The number of pyridine rings is 1. The Hall–Kier alpha value is -2.98. The van der Waals surface area contributed by atoms with Crippen LogP contribution in [0.25, 0.3) is 0 Å². The molecule has 10 heteroatoms. The Kier molecular flexibility index (Phi) is 7.96. The van der Waals surface area contributed by atoms with Gasteiger partial charge in [0.2, 0.25) is 0 Å². The van der Waals surface area contributed by atoms with E-state index >= 15 is 0 Å². The second-order valence-corrected chi connectivity index (χ2v) is 7.98. The first-order valence-corrected chi connectivity index (χ1v) is 10.8. The smallest absolute Gasteiger partial charge is 0.287 e. The summed E-state index contributed by atoms with van der Waals surface area (Å²) in [5.74, 6) is 1.58. The first-order valence-electron chi connectivity index (χ1n) is 9.19. The van der Waals surface area contributed by atoms with Crippen LogP contribution in [0.2, 0.25) is 0 Å². The van der Waals surface area contributed by atoms with Crippen molar-refractivity contribution in [2.75, 3.05) is 12.0 Å². The third-order valence-electron chi connectivity index (χ3n) is 3.98. The number of benzene rings is 2. The third-order valence-corrected chi connectivity index (χ3v) is 5.10. The Bertz CT molecular complexity index is 1070. The van der Waals surface area contributed by atoms with Crippen molar-refractivity contribution in [3.8, 4) is 11.5 Å². The molecule has 31 heavy (non-hydrogen) atoms. The fourth-order valence-corrected chi connectivity index (χ4v) is 3.37. The number of nitrogens with zero attached hydrogens (tertiary/aromatic N) is 3. The Morgan fingerprint density at radius 2 is 1.94 bits per heavy atom. The number of halogens is 2. The summed E-state index contributed by atoms with van der Waals surface area (Å²) in [5, 5.41) is 14.8. The second kappa shape index (κ2) is 10.9. The summed E-state index contributed by atoms with van der Waals surface area (Å²) in [5.41, 5.74) is 4.45. The topological polar surface area (TPSA) is 98.9 Å². The van der Waals surface area contributed by atoms with Crippen LogP contribution in [-0.4, -0.2) is 22.7 Å². The van der Waals surface area contributed by atoms with Crippen LogP contribution >= 0.6 is 31.9 Å². The molecule has 0 spiro atoms. The maximum Gasteiger partial charge on any atom is 0.287 e. The molecule has 160 valence electrons. The minimum Gasteiger partial charge on any atom is -0.490 e. The van der Waals surface area contributed by atoms with Crippen molar-refractivity contribution in [1.82, 2.24) is 4.98 Å². The van der Waals surface area contributed by atoms with Gasteiger partial charge in [0.25, 0.3) is 5.69 Å². The van der Waals surface area contributed by atoms with E-state index < -0.39 is 4.92 Å². The lowest BCUT2D eigenvalue weighted by Crippen LogP contribution is -2.02. The van der Waals surface area contributed by atoms with E-state index in [9.17, 15) is 10.1 Å². The third kappa shape index (κ3) is 6.50. The van der Waals surface area contributed by atoms with Crippen LogP contribution in [0.15, 0.2) is 68.8 Å². The maximum absolute atomic E-state index is 10.7. The largest absolute Gasteiger partial charge is 0.490 e. The maximum atomic E-state index is 10.7. The highest BCUT2D eigenvalue weighted by Gasteiger charge is 2.12. The van der Waals surface area contributed by atoms with Gasteiger partial charge in [0, 0.05) is 10.5 Å². The van der Waals surface area contributed by atoms with Crippen molar-refractivity contribution in [3.63, 3.8) is 0 Å². The van der Waals surface area contributed by atoms with E-state index in [2.05, 4.69) is 47.4 Å². The van der Waals surface area contributed by atoms with Crippen LogP contribution in [0.5, 0.6) is 11.5 Å². The molecule has 1 N–H and O–H groups in total. The summed E-state index contributed by atoms with van der Waals surface area (Å²) in [6, 6.07) is 14.4. The van der Waals surface area contributed by atoms with Gasteiger partial charge in [-0.3, -0.25) is 15.5 Å². The van der Waals surface area contributed by atoms with Gasteiger partial charge in [-0.25, -0.2) is 4.98 Å². The highest BCUT2D eigenvalue weighted by atomic mass is 79.9. The fraction of sp³-hybridized carbons (Fsp3) is 0.143. The molecule has 1 heterocycles. The molecule has 0 aliphatic rings. The van der Waals surface area contributed by atoms with Crippen molar-refractivity contribution in [3.05, 3.63) is 84.9 Å². The summed E-state index contributed by atoms with van der Waals surface area (Å²) in [6.07, 6.45) is 2.76. The van der Waals surface area contributed by atoms with Crippen LogP contribution < -0.4 is 14.9 Å². The summed E-state index contributed by atoms with van der Waals surface area (Å²) < 4.78 is 13.5. The molecule has 8 nitrogen and oxygen atoms in total. The lowest BCUT2D eigenvalue weighted by molar-refractivity contribution is -0.385. The Morgan fingerprint density at radius 1 is 1.16 bits per heavy atom. The molecule has 0 amide bonds. The Morgan fingerprint density at radius 3 is 2.58 bits per heavy atom. The molecular formula is C21H18Br2N4O4. The van der Waals surface area contributed by atoms with Crippen molar-refractivity contribution in [2.45, 2.75) is 13.5 Å². The molecule has 0 aliphatic carbocycles. The first-order chi connectivity index (χ1) is 15.0. The first kappa shape index (κ1) is 22.7. The van der Waals surface area contributed by atoms with E-state index in [0.717, 1.165) is 20.1 Å². The van der Waals surface area contributed by atoms with E-state index in [1.165, 1.54) is 18.3 Å². The molecule has 3 rings (SSSR count). The van der Waals surface area contributed by atoms with Crippen LogP contribution in [-0.2, 0) is 6.61 Å². The van der Waals surface area contributed by atoms with Crippen LogP contribution in [0.4, 0.5) is 11.5 Å². The lowest BCUT2D eigenvalue weighted by atomic mass is 10.2. The lowest BCUT2D eigenvalue weighted by Gasteiger charge is -2.14. The Balaban J connectivity index is 1.71. The SMILES string of the molecule is CCOc1cc(/C=N/Nc2ccc([N+](=O)[O-])cn2)cc(Br)c1OCc1ccc(Br)cc1. The minimum absolute atomic E-state index is 0.0847. The highest BCUT2D eigenvalue weighted by Crippen LogP contribution is 2.37. The van der Waals surface area contributed by atoms with Crippen molar-refractivity contribution >= 4 is 49.6 Å². The number of nitrogens with one attached hydrogen (secondary N) is 1. The average Bonchev–Trinajstić information content (AvgIpc) is 2.75. The molecule has 0 aliphatic heterocycles. The summed E-state index contributed by atoms with van der Waals surface area (Å²) in [6.45, 7) is 2.77. The number of aromatic nitrogens is 1. The van der Waals surface area contributed by atoms with E-state index in [1.807, 2.05) is 43.3 Å². The molecular weight excluding hydrogens is 532 g/mol. The van der Waals surface area contributed by atoms with E-state index in [-0.39, 0.29) is 5.69 Å². The number of nitro groups is 1. The van der Waals surface area contributed by atoms with Gasteiger partial charge in [0.05, 0.1) is 22.2 Å². The molecule has 0 radical (unpaired) electrons. The molecule has 1 aromatic heterocycles. The standard InChI is InChI=1S/C21H18Br2N4O4/c1-2-30-19-10-15(11-25-26-20-8-7-17(12-24-20)27(28)29)9-18(23)21(19)31-13-14-3-5-16(22)6-4-14/h3-12H,2,13H2,1H3,(H,24,26)/b25-11+. The summed E-state index contributed by atoms with van der Waals surface area (Å²) >= 11 is 6.96. The number of ether oxygens (including phenoxy) is 2. The van der Waals surface area contributed by atoms with E-state index in [1.54, 1.807) is 6.21 Å². The van der Waals surface area contributed by atoms with Crippen LogP contribution in [0.3, 0.4) is 0 Å². The molecule has 3 aromatic rings.